The van der Waals surface area contributed by atoms with Crippen LogP contribution in [-0.2, 0) is 4.74 Å². The molecule has 1 saturated carbocycles. The summed E-state index contributed by atoms with van der Waals surface area (Å²) in [5.41, 5.74) is 0.720. The van der Waals surface area contributed by atoms with Crippen molar-refractivity contribution < 1.29 is 4.74 Å². The van der Waals surface area contributed by atoms with Crippen molar-refractivity contribution in [1.82, 2.24) is 5.32 Å². The lowest BCUT2D eigenvalue weighted by atomic mass is 9.82. The Morgan fingerprint density at radius 3 is 2.86 bits per heavy atom. The summed E-state index contributed by atoms with van der Waals surface area (Å²) in [6, 6.07) is 0. The fourth-order valence-corrected chi connectivity index (χ4v) is 2.79. The van der Waals surface area contributed by atoms with Gasteiger partial charge in [-0.3, -0.25) is 0 Å². The molecule has 2 atom stereocenters. The Kier molecular flexibility index (Phi) is 2.61. The first-order chi connectivity index (χ1) is 6.52. The monoisotopic (exact) mass is 197 g/mol. The van der Waals surface area contributed by atoms with Gasteiger partial charge in [-0.25, -0.2) is 0 Å². The molecule has 2 nitrogen and oxygen atoms in total. The minimum absolute atomic E-state index is 0.241. The molecule has 1 aliphatic heterocycles. The van der Waals surface area contributed by atoms with Gasteiger partial charge >= 0.3 is 0 Å². The van der Waals surface area contributed by atoms with Gasteiger partial charge in [0.15, 0.2) is 0 Å². The highest BCUT2D eigenvalue weighted by Gasteiger charge is 2.47. The van der Waals surface area contributed by atoms with E-state index in [9.17, 15) is 0 Å². The predicted molar refractivity (Wildman–Crippen MR) is 58.4 cm³/mol. The van der Waals surface area contributed by atoms with Crippen molar-refractivity contribution in [3.8, 4) is 0 Å². The zero-order valence-electron chi connectivity index (χ0n) is 9.73. The van der Waals surface area contributed by atoms with Gasteiger partial charge in [-0.15, -0.1) is 0 Å². The van der Waals surface area contributed by atoms with Gasteiger partial charge in [0.1, 0.15) is 0 Å². The lowest BCUT2D eigenvalue weighted by Crippen LogP contribution is -2.45. The fraction of sp³-hybridized carbons (Fsp3) is 1.00. The molecule has 0 unspecified atom stereocenters. The van der Waals surface area contributed by atoms with Gasteiger partial charge in [0.25, 0.3) is 0 Å². The van der Waals surface area contributed by atoms with E-state index in [1.165, 1.54) is 25.7 Å². The van der Waals surface area contributed by atoms with Crippen LogP contribution < -0.4 is 5.32 Å². The third-order valence-electron chi connectivity index (χ3n) is 3.71. The lowest BCUT2D eigenvalue weighted by molar-refractivity contribution is 0.0672. The molecule has 2 heteroatoms. The van der Waals surface area contributed by atoms with Gasteiger partial charge in [0.2, 0.25) is 0 Å². The molecule has 2 aliphatic rings. The summed E-state index contributed by atoms with van der Waals surface area (Å²) in [6.45, 7) is 8.84. The highest BCUT2D eigenvalue weighted by atomic mass is 16.5. The second kappa shape index (κ2) is 3.49. The van der Waals surface area contributed by atoms with Crippen LogP contribution in [0.1, 0.15) is 46.5 Å². The quantitative estimate of drug-likeness (QED) is 0.733. The molecule has 0 spiro atoms. The molecule has 0 aromatic heterocycles. The number of hydrogen-bond donors (Lipinski definition) is 1. The summed E-state index contributed by atoms with van der Waals surface area (Å²) in [6.07, 6.45) is 5.82. The second-order valence-electron chi connectivity index (χ2n) is 5.97. The van der Waals surface area contributed by atoms with Gasteiger partial charge in [0.05, 0.1) is 6.10 Å². The summed E-state index contributed by atoms with van der Waals surface area (Å²) < 4.78 is 5.81. The Hall–Kier alpha value is -0.0800. The molecule has 1 aliphatic carbocycles. The highest BCUT2D eigenvalue weighted by molar-refractivity contribution is 4.98. The summed E-state index contributed by atoms with van der Waals surface area (Å²) in [5.74, 6) is 0. The largest absolute Gasteiger partial charge is 0.378 e. The third kappa shape index (κ3) is 1.96. The molecule has 2 fully saturated rings. The molecule has 0 aromatic rings. The Labute approximate surface area is 87.4 Å². The molecule has 0 amide bonds. The first-order valence-electron chi connectivity index (χ1n) is 5.89. The number of nitrogens with one attached hydrogen (secondary N) is 1. The minimum Gasteiger partial charge on any atom is -0.378 e. The van der Waals surface area contributed by atoms with Crippen molar-refractivity contribution in [3.63, 3.8) is 0 Å². The molecule has 1 saturated heterocycles. The maximum atomic E-state index is 5.81. The normalized spacial score (nSPS) is 37.5. The van der Waals surface area contributed by atoms with E-state index in [0.717, 1.165) is 13.2 Å². The van der Waals surface area contributed by atoms with Gasteiger partial charge in [-0.2, -0.15) is 0 Å². The molecule has 1 heterocycles. The summed E-state index contributed by atoms with van der Waals surface area (Å²) in [5, 5.41) is 3.65. The van der Waals surface area contributed by atoms with Crippen LogP contribution >= 0.6 is 0 Å². The summed E-state index contributed by atoms with van der Waals surface area (Å²) >= 11 is 0. The standard InChI is InChI=1S/C12H23NO/c1-11(2,3)13-9-12-6-4-5-10(12)14-8-7-12/h10,13H,4-9H2,1-3H3/t10-,12-/m1/s1. The van der Waals surface area contributed by atoms with Gasteiger partial charge in [0, 0.05) is 24.1 Å². The van der Waals surface area contributed by atoms with Crippen molar-refractivity contribution >= 4 is 0 Å². The van der Waals surface area contributed by atoms with Crippen LogP contribution in [0.15, 0.2) is 0 Å². The van der Waals surface area contributed by atoms with Gasteiger partial charge < -0.3 is 10.1 Å². The number of hydrogen-bond acceptors (Lipinski definition) is 2. The van der Waals surface area contributed by atoms with Crippen LogP contribution in [0.3, 0.4) is 0 Å². The SMILES string of the molecule is CC(C)(C)NC[C@]12CCC[C@H]1OCC2. The maximum Gasteiger partial charge on any atom is 0.0644 e. The Morgan fingerprint density at radius 1 is 1.36 bits per heavy atom. The van der Waals surface area contributed by atoms with Crippen LogP contribution in [0.5, 0.6) is 0 Å². The molecule has 1 N–H and O–H groups in total. The topological polar surface area (TPSA) is 21.3 Å². The average molecular weight is 197 g/mol. The molecule has 2 rings (SSSR count). The molecule has 14 heavy (non-hydrogen) atoms. The summed E-state index contributed by atoms with van der Waals surface area (Å²) in [7, 11) is 0. The van der Waals surface area contributed by atoms with Crippen molar-refractivity contribution in [2.45, 2.75) is 58.1 Å². The third-order valence-corrected chi connectivity index (χ3v) is 3.71. The van der Waals surface area contributed by atoms with E-state index >= 15 is 0 Å². The molecule has 0 radical (unpaired) electrons. The Morgan fingerprint density at radius 2 is 2.14 bits per heavy atom. The van der Waals surface area contributed by atoms with Crippen LogP contribution in [0.25, 0.3) is 0 Å². The molecular weight excluding hydrogens is 174 g/mol. The molecule has 0 aromatic carbocycles. The molecular formula is C12H23NO. The van der Waals surface area contributed by atoms with E-state index in [1.54, 1.807) is 0 Å². The number of rotatable bonds is 2. The maximum absolute atomic E-state index is 5.81. The predicted octanol–water partition coefficient (Wildman–Crippen LogP) is 2.33. The van der Waals surface area contributed by atoms with Crippen molar-refractivity contribution in [3.05, 3.63) is 0 Å². The van der Waals surface area contributed by atoms with Crippen molar-refractivity contribution in [1.29, 1.82) is 0 Å². The zero-order valence-corrected chi connectivity index (χ0v) is 9.73. The fourth-order valence-electron chi connectivity index (χ4n) is 2.79. The molecule has 0 bridgehead atoms. The van der Waals surface area contributed by atoms with Crippen molar-refractivity contribution in [2.75, 3.05) is 13.2 Å². The van der Waals surface area contributed by atoms with E-state index < -0.39 is 0 Å². The highest BCUT2D eigenvalue weighted by Crippen LogP contribution is 2.47. The van der Waals surface area contributed by atoms with Crippen LogP contribution in [0.4, 0.5) is 0 Å². The van der Waals surface area contributed by atoms with Crippen molar-refractivity contribution in [2.24, 2.45) is 5.41 Å². The van der Waals surface area contributed by atoms with Crippen LogP contribution in [0.2, 0.25) is 0 Å². The van der Waals surface area contributed by atoms with E-state index in [0.29, 0.717) is 11.5 Å². The summed E-state index contributed by atoms with van der Waals surface area (Å²) in [4.78, 5) is 0. The van der Waals surface area contributed by atoms with Gasteiger partial charge in [-0.1, -0.05) is 6.42 Å². The first kappa shape index (κ1) is 10.4. The number of fused-ring (bicyclic) bond motifs is 1. The Balaban J connectivity index is 1.95. The van der Waals surface area contributed by atoms with E-state index in [4.69, 9.17) is 4.74 Å². The second-order valence-corrected chi connectivity index (χ2v) is 5.97. The van der Waals surface area contributed by atoms with E-state index in [-0.39, 0.29) is 5.54 Å². The minimum atomic E-state index is 0.241. The van der Waals surface area contributed by atoms with Crippen LogP contribution in [-0.4, -0.2) is 24.8 Å². The zero-order chi connectivity index (χ0) is 10.2. The van der Waals surface area contributed by atoms with E-state index in [2.05, 4.69) is 26.1 Å². The van der Waals surface area contributed by atoms with E-state index in [1.807, 2.05) is 0 Å². The number of ether oxygens (including phenoxy) is 1. The van der Waals surface area contributed by atoms with Crippen LogP contribution in [0, 0.1) is 5.41 Å². The smallest absolute Gasteiger partial charge is 0.0644 e. The average Bonchev–Trinajstić information content (AvgIpc) is 2.56. The Bertz CT molecular complexity index is 197. The first-order valence-corrected chi connectivity index (χ1v) is 5.89. The molecule has 82 valence electrons. The van der Waals surface area contributed by atoms with Gasteiger partial charge in [-0.05, 0) is 40.0 Å². The lowest BCUT2D eigenvalue weighted by Gasteiger charge is -2.32.